The molecule has 1 aliphatic rings. The number of rotatable bonds is 12. The van der Waals surface area contributed by atoms with E-state index in [0.29, 0.717) is 24.0 Å². The topological polar surface area (TPSA) is 134 Å². The van der Waals surface area contributed by atoms with Crippen molar-refractivity contribution in [3.63, 3.8) is 0 Å². The summed E-state index contributed by atoms with van der Waals surface area (Å²) in [5.41, 5.74) is 0.975. The fourth-order valence-corrected chi connectivity index (χ4v) is 5.50. The Bertz CT molecular complexity index is 1610. The molecule has 0 spiro atoms. The van der Waals surface area contributed by atoms with Crippen LogP contribution in [0, 0.1) is 6.92 Å². The van der Waals surface area contributed by atoms with Crippen LogP contribution in [-0.2, 0) is 36.7 Å². The highest BCUT2D eigenvalue weighted by molar-refractivity contribution is 5.94. The summed E-state index contributed by atoms with van der Waals surface area (Å²) in [6.07, 6.45) is 0.857. The van der Waals surface area contributed by atoms with Crippen molar-refractivity contribution in [3.8, 4) is 5.75 Å². The van der Waals surface area contributed by atoms with Gasteiger partial charge in [0, 0.05) is 18.9 Å². The molecule has 1 aliphatic carbocycles. The van der Waals surface area contributed by atoms with Crippen LogP contribution in [0.2, 0.25) is 0 Å². The molecule has 0 radical (unpaired) electrons. The highest BCUT2D eigenvalue weighted by Crippen LogP contribution is 2.37. The number of phenols is 1. The molecular weight excluding hydrogens is 622 g/mol. The van der Waals surface area contributed by atoms with Gasteiger partial charge in [-0.25, -0.2) is 9.59 Å². The number of aryl methyl sites for hydroxylation is 1. The van der Waals surface area contributed by atoms with E-state index in [2.05, 4.69) is 10.6 Å². The summed E-state index contributed by atoms with van der Waals surface area (Å²) in [6.45, 7) is 12.2. The molecule has 10 heteroatoms. The number of benzene rings is 3. The first-order chi connectivity index (χ1) is 23.0. The van der Waals surface area contributed by atoms with E-state index in [4.69, 9.17) is 9.47 Å². The monoisotopic (exact) mass is 671 g/mol. The van der Waals surface area contributed by atoms with Crippen LogP contribution in [0.4, 0.5) is 4.79 Å². The fourth-order valence-electron chi connectivity index (χ4n) is 5.50. The van der Waals surface area contributed by atoms with Crippen LogP contribution in [0.5, 0.6) is 5.75 Å². The maximum Gasteiger partial charge on any atom is 0.408 e. The lowest BCUT2D eigenvalue weighted by Crippen LogP contribution is -2.56. The molecule has 3 aromatic carbocycles. The van der Waals surface area contributed by atoms with Crippen LogP contribution in [0.3, 0.4) is 0 Å². The Hall–Kier alpha value is -4.86. The zero-order valence-electron chi connectivity index (χ0n) is 29.5. The highest BCUT2D eigenvalue weighted by atomic mass is 16.6. The first-order valence-electron chi connectivity index (χ1n) is 16.7. The zero-order chi connectivity index (χ0) is 35.9. The summed E-state index contributed by atoms with van der Waals surface area (Å²) in [5.74, 6) is -1.63. The number of nitrogens with zero attached hydrogens (tertiary/aromatic N) is 1. The lowest BCUT2D eigenvalue weighted by atomic mass is 9.97. The third-order valence-electron chi connectivity index (χ3n) is 7.82. The minimum absolute atomic E-state index is 0.0384. The molecule has 4 rings (SSSR count). The second-order valence-electron chi connectivity index (χ2n) is 14.6. The van der Waals surface area contributed by atoms with Crippen molar-refractivity contribution in [2.45, 2.75) is 110 Å². The average molecular weight is 672 g/mol. The maximum absolute atomic E-state index is 14.7. The van der Waals surface area contributed by atoms with E-state index >= 15 is 0 Å². The van der Waals surface area contributed by atoms with Crippen LogP contribution in [0.1, 0.15) is 82.7 Å². The van der Waals surface area contributed by atoms with E-state index in [1.54, 1.807) is 60.6 Å². The standard InChI is InChI=1S/C39H49N3O7/c1-25-22-28(18-21-32(25)43)33(34(44)40-31(36(46)48-38(2,3)4)24-27-16-12-9-13-17-27)42(29-19-20-29)35(45)30(23-26-14-10-8-11-15-26)41-37(47)49-39(5,6)7/h8-18,21-22,29-31,33,43H,19-20,23-24H2,1-7H3,(H,40,44)(H,41,47). The number of esters is 1. The third-order valence-corrected chi connectivity index (χ3v) is 7.82. The van der Waals surface area contributed by atoms with Crippen molar-refractivity contribution in [3.05, 3.63) is 101 Å². The fraction of sp³-hybridized carbons (Fsp3) is 0.436. The van der Waals surface area contributed by atoms with Gasteiger partial charge < -0.3 is 30.1 Å². The zero-order valence-corrected chi connectivity index (χ0v) is 29.5. The van der Waals surface area contributed by atoms with E-state index in [9.17, 15) is 24.3 Å². The molecular formula is C39H49N3O7. The molecule has 10 nitrogen and oxygen atoms in total. The van der Waals surface area contributed by atoms with E-state index in [-0.39, 0.29) is 24.6 Å². The largest absolute Gasteiger partial charge is 0.508 e. The second kappa shape index (κ2) is 15.6. The van der Waals surface area contributed by atoms with E-state index in [0.717, 1.165) is 11.1 Å². The summed E-state index contributed by atoms with van der Waals surface area (Å²) >= 11 is 0. The van der Waals surface area contributed by atoms with Gasteiger partial charge in [-0.15, -0.1) is 0 Å². The number of ether oxygens (including phenoxy) is 2. The molecule has 49 heavy (non-hydrogen) atoms. The minimum Gasteiger partial charge on any atom is -0.508 e. The van der Waals surface area contributed by atoms with Crippen molar-refractivity contribution < 1.29 is 33.8 Å². The number of aromatic hydroxyl groups is 1. The minimum atomic E-state index is -1.20. The molecule has 0 bridgehead atoms. The SMILES string of the molecule is Cc1cc(C(C(=O)NC(Cc2ccccc2)C(=O)OC(C)(C)C)N(C(=O)C(Cc2ccccc2)NC(=O)OC(C)(C)C)C2CC2)ccc1O. The van der Waals surface area contributed by atoms with Gasteiger partial charge in [-0.3, -0.25) is 9.59 Å². The predicted molar refractivity (Wildman–Crippen MR) is 187 cm³/mol. The normalized spacial score (nSPS) is 14.9. The van der Waals surface area contributed by atoms with Crippen molar-refractivity contribution in [1.29, 1.82) is 0 Å². The van der Waals surface area contributed by atoms with Gasteiger partial charge in [-0.2, -0.15) is 0 Å². The van der Waals surface area contributed by atoms with Gasteiger partial charge in [0.05, 0.1) is 0 Å². The molecule has 1 fully saturated rings. The Kier molecular flexibility index (Phi) is 11.7. The molecule has 0 heterocycles. The predicted octanol–water partition coefficient (Wildman–Crippen LogP) is 5.94. The number of nitrogens with one attached hydrogen (secondary N) is 2. The van der Waals surface area contributed by atoms with Gasteiger partial charge in [-0.05, 0) is 95.7 Å². The van der Waals surface area contributed by atoms with Gasteiger partial charge in [-0.1, -0.05) is 66.7 Å². The lowest BCUT2D eigenvalue weighted by Gasteiger charge is -2.35. The van der Waals surface area contributed by atoms with Crippen LogP contribution in [-0.4, -0.2) is 63.2 Å². The Morgan fingerprint density at radius 2 is 1.31 bits per heavy atom. The molecule has 1 saturated carbocycles. The molecule has 3 N–H and O–H groups in total. The Labute approximate surface area is 289 Å². The van der Waals surface area contributed by atoms with Crippen LogP contribution < -0.4 is 10.6 Å². The van der Waals surface area contributed by atoms with Crippen molar-refractivity contribution in [2.24, 2.45) is 0 Å². The third kappa shape index (κ3) is 11.1. The molecule has 3 atom stereocenters. The van der Waals surface area contributed by atoms with Crippen molar-refractivity contribution in [1.82, 2.24) is 15.5 Å². The number of carbonyl (C=O) groups excluding carboxylic acids is 4. The Morgan fingerprint density at radius 1 is 0.776 bits per heavy atom. The molecule has 0 saturated heterocycles. The van der Waals surface area contributed by atoms with Crippen molar-refractivity contribution >= 4 is 23.9 Å². The van der Waals surface area contributed by atoms with Crippen molar-refractivity contribution in [2.75, 3.05) is 0 Å². The highest BCUT2D eigenvalue weighted by Gasteiger charge is 2.45. The van der Waals surface area contributed by atoms with Gasteiger partial charge in [0.15, 0.2) is 0 Å². The van der Waals surface area contributed by atoms with Gasteiger partial charge in [0.25, 0.3) is 0 Å². The van der Waals surface area contributed by atoms with Gasteiger partial charge >= 0.3 is 12.1 Å². The lowest BCUT2D eigenvalue weighted by molar-refractivity contribution is -0.159. The van der Waals surface area contributed by atoms with Crippen LogP contribution in [0.25, 0.3) is 0 Å². The summed E-state index contributed by atoms with van der Waals surface area (Å²) in [5, 5.41) is 16.1. The molecule has 3 unspecified atom stereocenters. The molecule has 3 aromatic rings. The number of alkyl carbamates (subject to hydrolysis) is 1. The second-order valence-corrected chi connectivity index (χ2v) is 14.6. The smallest absolute Gasteiger partial charge is 0.408 e. The van der Waals surface area contributed by atoms with Gasteiger partial charge in [0.2, 0.25) is 11.8 Å². The first kappa shape index (κ1) is 37.0. The molecule has 0 aliphatic heterocycles. The number of carbonyl (C=O) groups is 4. The quantitative estimate of drug-likeness (QED) is 0.203. The van der Waals surface area contributed by atoms with E-state index in [1.807, 2.05) is 60.7 Å². The van der Waals surface area contributed by atoms with Crippen LogP contribution >= 0.6 is 0 Å². The summed E-state index contributed by atoms with van der Waals surface area (Å²) in [4.78, 5) is 57.5. The Balaban J connectivity index is 1.76. The first-order valence-corrected chi connectivity index (χ1v) is 16.7. The molecule has 0 aromatic heterocycles. The number of phenolic OH excluding ortho intramolecular Hbond substituents is 1. The van der Waals surface area contributed by atoms with E-state index < -0.39 is 53.2 Å². The average Bonchev–Trinajstić information content (AvgIpc) is 3.85. The number of hydrogen-bond acceptors (Lipinski definition) is 7. The Morgan fingerprint density at radius 3 is 1.80 bits per heavy atom. The number of hydrogen-bond donors (Lipinski definition) is 3. The molecule has 262 valence electrons. The van der Waals surface area contributed by atoms with Crippen LogP contribution in [0.15, 0.2) is 78.9 Å². The summed E-state index contributed by atoms with van der Waals surface area (Å²) in [7, 11) is 0. The summed E-state index contributed by atoms with van der Waals surface area (Å²) < 4.78 is 11.2. The van der Waals surface area contributed by atoms with Gasteiger partial charge in [0.1, 0.15) is 35.1 Å². The maximum atomic E-state index is 14.7. The molecule has 3 amide bonds. The van der Waals surface area contributed by atoms with E-state index in [1.165, 1.54) is 11.0 Å². The summed E-state index contributed by atoms with van der Waals surface area (Å²) in [6, 6.07) is 19.7. The number of amides is 3.